The number of nitro groups is 1. The summed E-state index contributed by atoms with van der Waals surface area (Å²) >= 11 is 0. The number of anilines is 1. The Labute approximate surface area is 132 Å². The molecule has 1 amide bonds. The Balaban J connectivity index is 2.10. The van der Waals surface area contributed by atoms with Gasteiger partial charge >= 0.3 is 0 Å². The van der Waals surface area contributed by atoms with Gasteiger partial charge in [-0.15, -0.1) is 0 Å². The second kappa shape index (κ2) is 7.04. The predicted octanol–water partition coefficient (Wildman–Crippen LogP) is 2.44. The van der Waals surface area contributed by atoms with Crippen LogP contribution >= 0.6 is 0 Å². The fraction of sp³-hybridized carbons (Fsp3) is 0.125. The van der Waals surface area contributed by atoms with Gasteiger partial charge < -0.3 is 10.6 Å². The van der Waals surface area contributed by atoms with Crippen molar-refractivity contribution in [3.05, 3.63) is 69.3 Å². The van der Waals surface area contributed by atoms with Gasteiger partial charge in [0.05, 0.1) is 16.2 Å². The molecular formula is C16H14N4O3. The lowest BCUT2D eigenvalue weighted by Gasteiger charge is -2.09. The summed E-state index contributed by atoms with van der Waals surface area (Å²) in [6.45, 7) is 0.431. The zero-order chi connectivity index (χ0) is 16.8. The molecule has 0 saturated heterocycles. The third-order valence-electron chi connectivity index (χ3n) is 3.26. The van der Waals surface area contributed by atoms with E-state index in [1.807, 2.05) is 6.07 Å². The Morgan fingerprint density at radius 3 is 2.52 bits per heavy atom. The molecule has 0 heterocycles. The summed E-state index contributed by atoms with van der Waals surface area (Å²) in [6, 6.07) is 13.0. The predicted molar refractivity (Wildman–Crippen MR) is 85.0 cm³/mol. The van der Waals surface area contributed by atoms with Gasteiger partial charge in [0.1, 0.15) is 6.07 Å². The lowest BCUT2D eigenvalue weighted by molar-refractivity contribution is -0.384. The fourth-order valence-electron chi connectivity index (χ4n) is 2.01. The van der Waals surface area contributed by atoms with Crippen molar-refractivity contribution >= 4 is 17.3 Å². The average Bonchev–Trinajstić information content (AvgIpc) is 2.59. The zero-order valence-electron chi connectivity index (χ0n) is 12.4. The van der Waals surface area contributed by atoms with E-state index in [0.29, 0.717) is 17.8 Å². The van der Waals surface area contributed by atoms with Gasteiger partial charge in [0.15, 0.2) is 0 Å². The Morgan fingerprint density at radius 1 is 1.26 bits per heavy atom. The first-order valence-electron chi connectivity index (χ1n) is 6.78. The Bertz CT molecular complexity index is 779. The Morgan fingerprint density at radius 2 is 1.96 bits per heavy atom. The third-order valence-corrected chi connectivity index (χ3v) is 3.26. The highest BCUT2D eigenvalue weighted by molar-refractivity contribution is 5.93. The minimum Gasteiger partial charge on any atom is -0.380 e. The number of nitrogens with zero attached hydrogens (tertiary/aromatic N) is 2. The van der Waals surface area contributed by atoms with Gasteiger partial charge in [-0.3, -0.25) is 14.9 Å². The number of hydrogen-bond acceptors (Lipinski definition) is 5. The van der Waals surface area contributed by atoms with Crippen LogP contribution in [0.2, 0.25) is 0 Å². The lowest BCUT2D eigenvalue weighted by Crippen LogP contribution is -2.17. The highest BCUT2D eigenvalue weighted by Gasteiger charge is 2.10. The molecule has 0 spiro atoms. The molecule has 0 unspecified atom stereocenters. The third kappa shape index (κ3) is 3.83. The second-order valence-electron chi connectivity index (χ2n) is 4.73. The van der Waals surface area contributed by atoms with Crippen molar-refractivity contribution in [2.24, 2.45) is 0 Å². The van der Waals surface area contributed by atoms with Crippen molar-refractivity contribution < 1.29 is 9.72 Å². The number of nitro benzene ring substituents is 1. The first-order valence-corrected chi connectivity index (χ1v) is 6.78. The van der Waals surface area contributed by atoms with E-state index in [-0.39, 0.29) is 17.2 Å². The van der Waals surface area contributed by atoms with Crippen molar-refractivity contribution in [1.82, 2.24) is 5.32 Å². The van der Waals surface area contributed by atoms with Gasteiger partial charge in [0.2, 0.25) is 0 Å². The number of hydrogen-bond donors (Lipinski definition) is 2. The number of benzene rings is 2. The summed E-state index contributed by atoms with van der Waals surface area (Å²) in [7, 11) is 1.57. The molecule has 2 aromatic rings. The van der Waals surface area contributed by atoms with Crippen LogP contribution in [-0.4, -0.2) is 17.9 Å². The van der Waals surface area contributed by atoms with Crippen molar-refractivity contribution in [3.63, 3.8) is 0 Å². The molecule has 0 aromatic heterocycles. The van der Waals surface area contributed by atoms with E-state index in [1.165, 1.54) is 18.2 Å². The van der Waals surface area contributed by atoms with E-state index >= 15 is 0 Å². The Kier molecular flexibility index (Phi) is 4.89. The smallest absolute Gasteiger partial charge is 0.270 e. The average molecular weight is 310 g/mol. The molecular weight excluding hydrogens is 296 g/mol. The van der Waals surface area contributed by atoms with Gasteiger partial charge in [-0.1, -0.05) is 12.1 Å². The summed E-state index contributed by atoms with van der Waals surface area (Å²) in [5.74, 6) is -0.161. The number of amides is 1. The molecule has 2 rings (SSSR count). The molecule has 0 aliphatic heterocycles. The van der Waals surface area contributed by atoms with E-state index < -0.39 is 4.92 Å². The molecule has 0 atom stereocenters. The van der Waals surface area contributed by atoms with Crippen molar-refractivity contribution in [2.45, 2.75) is 6.54 Å². The van der Waals surface area contributed by atoms with Crippen molar-refractivity contribution in [2.75, 3.05) is 12.4 Å². The van der Waals surface area contributed by atoms with E-state index in [0.717, 1.165) is 5.56 Å². The van der Waals surface area contributed by atoms with Gasteiger partial charge in [0, 0.05) is 31.3 Å². The monoisotopic (exact) mass is 310 g/mol. The van der Waals surface area contributed by atoms with Crippen LogP contribution in [0.3, 0.4) is 0 Å². The second-order valence-corrected chi connectivity index (χ2v) is 4.73. The number of nitrogens with one attached hydrogen (secondary N) is 2. The molecule has 0 radical (unpaired) electrons. The van der Waals surface area contributed by atoms with Crippen LogP contribution < -0.4 is 10.6 Å². The summed E-state index contributed by atoms with van der Waals surface area (Å²) in [5.41, 5.74) is 2.08. The largest absolute Gasteiger partial charge is 0.380 e. The zero-order valence-corrected chi connectivity index (χ0v) is 12.4. The summed E-state index contributed by atoms with van der Waals surface area (Å²) in [4.78, 5) is 21.6. The number of rotatable bonds is 5. The SMILES string of the molecule is CNC(=O)c1ccc(CNc2ccc([N+](=O)[O-])cc2C#N)cc1. The summed E-state index contributed by atoms with van der Waals surface area (Å²) in [6.07, 6.45) is 0. The van der Waals surface area contributed by atoms with Gasteiger partial charge in [0.25, 0.3) is 11.6 Å². The van der Waals surface area contributed by atoms with Crippen LogP contribution in [0.5, 0.6) is 0 Å². The number of carbonyl (C=O) groups is 1. The molecule has 2 N–H and O–H groups in total. The van der Waals surface area contributed by atoms with E-state index in [9.17, 15) is 14.9 Å². The van der Waals surface area contributed by atoms with Crippen LogP contribution in [0, 0.1) is 21.4 Å². The van der Waals surface area contributed by atoms with E-state index in [2.05, 4.69) is 10.6 Å². The molecule has 0 aliphatic carbocycles. The molecule has 116 valence electrons. The fourth-order valence-corrected chi connectivity index (χ4v) is 2.01. The summed E-state index contributed by atoms with van der Waals surface area (Å²) < 4.78 is 0. The maximum absolute atomic E-state index is 11.5. The van der Waals surface area contributed by atoms with Gasteiger partial charge in [-0.2, -0.15) is 5.26 Å². The highest BCUT2D eigenvalue weighted by atomic mass is 16.6. The molecule has 0 saturated carbocycles. The lowest BCUT2D eigenvalue weighted by atomic mass is 10.1. The van der Waals surface area contributed by atoms with E-state index in [1.54, 1.807) is 31.3 Å². The quantitative estimate of drug-likeness (QED) is 0.651. The van der Waals surface area contributed by atoms with Crippen LogP contribution in [0.25, 0.3) is 0 Å². The van der Waals surface area contributed by atoms with E-state index in [4.69, 9.17) is 5.26 Å². The minimum atomic E-state index is -0.540. The van der Waals surface area contributed by atoms with Crippen molar-refractivity contribution in [3.8, 4) is 6.07 Å². The molecule has 2 aromatic carbocycles. The summed E-state index contributed by atoms with van der Waals surface area (Å²) in [5, 5.41) is 25.4. The molecule has 0 bridgehead atoms. The first-order chi connectivity index (χ1) is 11.0. The number of nitriles is 1. The highest BCUT2D eigenvalue weighted by Crippen LogP contribution is 2.22. The van der Waals surface area contributed by atoms with Gasteiger partial charge in [-0.25, -0.2) is 0 Å². The van der Waals surface area contributed by atoms with Crippen LogP contribution in [0.15, 0.2) is 42.5 Å². The van der Waals surface area contributed by atoms with Crippen LogP contribution in [0.4, 0.5) is 11.4 Å². The molecule has 0 fully saturated rings. The standard InChI is InChI=1S/C16H14N4O3/c1-18-16(21)12-4-2-11(3-5-12)10-19-15-7-6-14(20(22)23)8-13(15)9-17/h2-8,19H,10H2,1H3,(H,18,21). The normalized spacial score (nSPS) is 9.74. The molecule has 0 aliphatic rings. The van der Waals surface area contributed by atoms with Crippen LogP contribution in [0.1, 0.15) is 21.5 Å². The number of non-ortho nitro benzene ring substituents is 1. The maximum Gasteiger partial charge on any atom is 0.270 e. The Hall–Kier alpha value is -3.40. The minimum absolute atomic E-state index is 0.123. The maximum atomic E-state index is 11.5. The topological polar surface area (TPSA) is 108 Å². The number of carbonyl (C=O) groups excluding carboxylic acids is 1. The molecule has 23 heavy (non-hydrogen) atoms. The first kappa shape index (κ1) is 16.0. The van der Waals surface area contributed by atoms with Crippen molar-refractivity contribution in [1.29, 1.82) is 5.26 Å². The molecule has 7 nitrogen and oxygen atoms in total. The van der Waals surface area contributed by atoms with Crippen LogP contribution in [-0.2, 0) is 6.54 Å². The molecule has 7 heteroatoms. The van der Waals surface area contributed by atoms with Gasteiger partial charge in [-0.05, 0) is 23.8 Å².